The summed E-state index contributed by atoms with van der Waals surface area (Å²) in [5.74, 6) is 0.268. The van der Waals surface area contributed by atoms with E-state index < -0.39 is 10.0 Å². The second-order valence-corrected chi connectivity index (χ2v) is 8.19. The molecule has 1 aliphatic rings. The van der Waals surface area contributed by atoms with Crippen LogP contribution in [0.2, 0.25) is 0 Å². The van der Waals surface area contributed by atoms with E-state index >= 15 is 0 Å². The Hall–Kier alpha value is -0.910. The largest absolute Gasteiger partial charge is 0.330 e. The van der Waals surface area contributed by atoms with Gasteiger partial charge in [-0.3, -0.25) is 0 Å². The van der Waals surface area contributed by atoms with E-state index in [1.54, 1.807) is 23.5 Å². The Kier molecular flexibility index (Phi) is 5.07. The first-order chi connectivity index (χ1) is 9.86. The highest BCUT2D eigenvalue weighted by Gasteiger charge is 2.34. The number of hydrogen-bond donors (Lipinski definition) is 1. The number of aryl methyl sites for hydroxylation is 2. The maximum Gasteiger partial charge on any atom is 0.243 e. The number of benzene rings is 1. The topological polar surface area (TPSA) is 63.4 Å². The third kappa shape index (κ3) is 3.47. The molecule has 0 spiro atoms. The van der Waals surface area contributed by atoms with Gasteiger partial charge in [0.1, 0.15) is 0 Å². The number of hydrogen-bond acceptors (Lipinski definition) is 3. The predicted octanol–water partition coefficient (Wildman–Crippen LogP) is 2.44. The fourth-order valence-corrected chi connectivity index (χ4v) is 5.00. The van der Waals surface area contributed by atoms with Crippen molar-refractivity contribution in [3.8, 4) is 0 Å². The molecule has 0 aromatic heterocycles. The first kappa shape index (κ1) is 16.5. The lowest BCUT2D eigenvalue weighted by Gasteiger charge is -2.36. The molecule has 0 saturated heterocycles. The van der Waals surface area contributed by atoms with Crippen LogP contribution >= 0.6 is 0 Å². The summed E-state index contributed by atoms with van der Waals surface area (Å²) in [7, 11) is -1.75. The van der Waals surface area contributed by atoms with Crippen LogP contribution in [-0.2, 0) is 10.0 Å². The van der Waals surface area contributed by atoms with Crippen LogP contribution < -0.4 is 5.73 Å². The van der Waals surface area contributed by atoms with Crippen molar-refractivity contribution in [3.05, 3.63) is 29.3 Å². The summed E-state index contributed by atoms with van der Waals surface area (Å²) in [6, 6.07) is 5.51. The van der Waals surface area contributed by atoms with E-state index in [4.69, 9.17) is 5.73 Å². The lowest BCUT2D eigenvalue weighted by atomic mass is 9.85. The summed E-state index contributed by atoms with van der Waals surface area (Å²) in [5.41, 5.74) is 7.79. The van der Waals surface area contributed by atoms with Crippen molar-refractivity contribution in [1.29, 1.82) is 0 Å². The molecule has 1 fully saturated rings. The van der Waals surface area contributed by atoms with Crippen molar-refractivity contribution in [2.75, 3.05) is 13.6 Å². The summed E-state index contributed by atoms with van der Waals surface area (Å²) in [6.07, 6.45) is 4.15. The van der Waals surface area contributed by atoms with Crippen molar-refractivity contribution in [2.45, 2.75) is 50.5 Å². The van der Waals surface area contributed by atoms with E-state index in [2.05, 4.69) is 0 Å². The highest BCUT2D eigenvalue weighted by atomic mass is 32.2. The van der Waals surface area contributed by atoms with Crippen LogP contribution in [-0.4, -0.2) is 32.4 Å². The van der Waals surface area contributed by atoms with E-state index in [1.807, 2.05) is 19.9 Å². The predicted molar refractivity (Wildman–Crippen MR) is 85.7 cm³/mol. The van der Waals surface area contributed by atoms with Crippen LogP contribution in [0.3, 0.4) is 0 Å². The average molecular weight is 310 g/mol. The molecule has 0 radical (unpaired) electrons. The highest BCUT2D eigenvalue weighted by molar-refractivity contribution is 7.89. The van der Waals surface area contributed by atoms with Gasteiger partial charge in [-0.15, -0.1) is 0 Å². The van der Waals surface area contributed by atoms with Gasteiger partial charge in [0.15, 0.2) is 0 Å². The Morgan fingerprint density at radius 1 is 1.14 bits per heavy atom. The molecule has 118 valence electrons. The third-order valence-electron chi connectivity index (χ3n) is 4.51. The molecule has 0 aliphatic heterocycles. The van der Waals surface area contributed by atoms with Crippen molar-refractivity contribution >= 4 is 10.0 Å². The SMILES string of the molecule is Cc1cc(C)cc(S(=O)(=O)N(C)C2CCCCC2CN)c1. The molecule has 4 nitrogen and oxygen atoms in total. The molecule has 1 aliphatic carbocycles. The molecule has 1 aromatic rings. The molecule has 21 heavy (non-hydrogen) atoms. The molecular weight excluding hydrogens is 284 g/mol. The molecule has 1 saturated carbocycles. The van der Waals surface area contributed by atoms with E-state index in [0.717, 1.165) is 36.8 Å². The monoisotopic (exact) mass is 310 g/mol. The normalized spacial score (nSPS) is 23.5. The Labute approximate surface area is 128 Å². The number of nitrogens with zero attached hydrogens (tertiary/aromatic N) is 1. The minimum absolute atomic E-state index is 0.0227. The second-order valence-electron chi connectivity index (χ2n) is 6.19. The van der Waals surface area contributed by atoms with Crippen molar-refractivity contribution in [3.63, 3.8) is 0 Å². The van der Waals surface area contributed by atoms with Gasteiger partial charge in [-0.25, -0.2) is 8.42 Å². The van der Waals surface area contributed by atoms with Gasteiger partial charge >= 0.3 is 0 Å². The van der Waals surface area contributed by atoms with E-state index in [-0.39, 0.29) is 12.0 Å². The van der Waals surface area contributed by atoms with Gasteiger partial charge in [-0.2, -0.15) is 4.31 Å². The van der Waals surface area contributed by atoms with Crippen LogP contribution in [0.4, 0.5) is 0 Å². The number of sulfonamides is 1. The zero-order chi connectivity index (χ0) is 15.6. The smallest absolute Gasteiger partial charge is 0.243 e. The highest BCUT2D eigenvalue weighted by Crippen LogP contribution is 2.30. The summed E-state index contributed by atoms with van der Waals surface area (Å²) < 4.78 is 27.3. The van der Waals surface area contributed by atoms with Gasteiger partial charge in [0.25, 0.3) is 0 Å². The van der Waals surface area contributed by atoms with E-state index in [1.165, 1.54) is 0 Å². The fourth-order valence-electron chi connectivity index (χ4n) is 3.37. The lowest BCUT2D eigenvalue weighted by Crippen LogP contribution is -2.45. The van der Waals surface area contributed by atoms with Crippen LogP contribution in [0.1, 0.15) is 36.8 Å². The summed E-state index contributed by atoms with van der Waals surface area (Å²) in [5, 5.41) is 0. The molecule has 0 heterocycles. The van der Waals surface area contributed by atoms with Crippen LogP contribution in [0, 0.1) is 19.8 Å². The number of rotatable bonds is 4. The molecule has 2 unspecified atom stereocenters. The lowest BCUT2D eigenvalue weighted by molar-refractivity contribution is 0.204. The van der Waals surface area contributed by atoms with E-state index in [9.17, 15) is 8.42 Å². The zero-order valence-electron chi connectivity index (χ0n) is 13.2. The van der Waals surface area contributed by atoms with Gasteiger partial charge in [0.05, 0.1) is 4.90 Å². The Balaban J connectivity index is 2.33. The Morgan fingerprint density at radius 3 is 2.29 bits per heavy atom. The van der Waals surface area contributed by atoms with E-state index in [0.29, 0.717) is 11.4 Å². The molecule has 2 rings (SSSR count). The molecule has 2 N–H and O–H groups in total. The third-order valence-corrected chi connectivity index (χ3v) is 6.37. The first-order valence-electron chi connectivity index (χ1n) is 7.62. The summed E-state index contributed by atoms with van der Waals surface area (Å²) >= 11 is 0. The summed E-state index contributed by atoms with van der Waals surface area (Å²) in [4.78, 5) is 0.392. The zero-order valence-corrected chi connectivity index (χ0v) is 14.0. The molecule has 2 atom stereocenters. The minimum atomic E-state index is -3.45. The van der Waals surface area contributed by atoms with Crippen molar-refractivity contribution in [1.82, 2.24) is 4.31 Å². The Morgan fingerprint density at radius 2 is 1.71 bits per heavy atom. The van der Waals surface area contributed by atoms with Crippen LogP contribution in [0.5, 0.6) is 0 Å². The standard InChI is InChI=1S/C16H26N2O2S/c1-12-8-13(2)10-15(9-12)21(19,20)18(3)16-7-5-4-6-14(16)11-17/h8-10,14,16H,4-7,11,17H2,1-3H3. The number of nitrogens with two attached hydrogens (primary N) is 1. The van der Waals surface area contributed by atoms with Gasteiger partial charge in [0, 0.05) is 13.1 Å². The van der Waals surface area contributed by atoms with Crippen LogP contribution in [0.15, 0.2) is 23.1 Å². The molecule has 0 bridgehead atoms. The first-order valence-corrected chi connectivity index (χ1v) is 9.06. The van der Waals surface area contributed by atoms with Crippen molar-refractivity contribution in [2.24, 2.45) is 11.7 Å². The van der Waals surface area contributed by atoms with Gasteiger partial charge < -0.3 is 5.73 Å². The van der Waals surface area contributed by atoms with Gasteiger partial charge in [-0.1, -0.05) is 18.9 Å². The maximum atomic E-state index is 12.9. The quantitative estimate of drug-likeness (QED) is 0.929. The van der Waals surface area contributed by atoms with Gasteiger partial charge in [0.2, 0.25) is 10.0 Å². The maximum absolute atomic E-state index is 12.9. The average Bonchev–Trinajstić information content (AvgIpc) is 2.45. The Bertz CT molecular complexity index is 578. The molecular formula is C16H26N2O2S. The molecule has 1 aromatic carbocycles. The van der Waals surface area contributed by atoms with Gasteiger partial charge in [-0.05, 0) is 62.4 Å². The summed E-state index contributed by atoms with van der Waals surface area (Å²) in [6.45, 7) is 4.40. The fraction of sp³-hybridized carbons (Fsp3) is 0.625. The molecule has 5 heteroatoms. The van der Waals surface area contributed by atoms with Crippen LogP contribution in [0.25, 0.3) is 0 Å². The second kappa shape index (κ2) is 6.46. The molecule has 0 amide bonds. The minimum Gasteiger partial charge on any atom is -0.330 e. The van der Waals surface area contributed by atoms with Crippen molar-refractivity contribution < 1.29 is 8.42 Å².